The molecule has 1 aromatic heterocycles. The van der Waals surface area contributed by atoms with Crippen molar-refractivity contribution in [2.75, 3.05) is 35.3 Å². The molecule has 1 fully saturated rings. The maximum atomic E-state index is 12.5. The second kappa shape index (κ2) is 8.45. The number of amides is 1. The van der Waals surface area contributed by atoms with E-state index in [1.165, 1.54) is 12.1 Å². The fourth-order valence-electron chi connectivity index (χ4n) is 2.65. The molecule has 0 radical (unpaired) electrons. The summed E-state index contributed by atoms with van der Waals surface area (Å²) in [6.45, 7) is 3.74. The Balaban J connectivity index is 1.85. The van der Waals surface area contributed by atoms with Gasteiger partial charge in [-0.1, -0.05) is 23.7 Å². The summed E-state index contributed by atoms with van der Waals surface area (Å²) in [6.07, 6.45) is -3.11. The monoisotopic (exact) mass is 397 g/mol. The minimum absolute atomic E-state index is 0.0858. The minimum Gasteiger partial charge on any atom is -0.377 e. The van der Waals surface area contributed by atoms with E-state index >= 15 is 0 Å². The molecule has 1 aliphatic rings. The van der Waals surface area contributed by atoms with Gasteiger partial charge in [0.1, 0.15) is 11.0 Å². The molecule has 0 bridgehead atoms. The van der Waals surface area contributed by atoms with Gasteiger partial charge in [-0.25, -0.2) is 4.98 Å². The van der Waals surface area contributed by atoms with Gasteiger partial charge < -0.3 is 20.3 Å². The average Bonchev–Trinajstić information content (AvgIpc) is 2.63. The van der Waals surface area contributed by atoms with E-state index in [2.05, 4.69) is 20.6 Å². The SMILES string of the molecule is C[C@H]1COCCN1c1nc(Cl)cc(Nc2ccccc2NC(=O)C(F)F)n1. The lowest BCUT2D eigenvalue weighted by molar-refractivity contribution is -0.126. The number of rotatable bonds is 5. The van der Waals surface area contributed by atoms with Gasteiger partial charge in [-0.2, -0.15) is 13.8 Å². The van der Waals surface area contributed by atoms with E-state index in [0.29, 0.717) is 37.2 Å². The molecular weight excluding hydrogens is 380 g/mol. The molecule has 7 nitrogen and oxygen atoms in total. The minimum atomic E-state index is -3.11. The van der Waals surface area contributed by atoms with Gasteiger partial charge in [-0.15, -0.1) is 0 Å². The second-order valence-electron chi connectivity index (χ2n) is 5.95. The van der Waals surface area contributed by atoms with Crippen LogP contribution in [0.4, 0.5) is 31.9 Å². The normalized spacial score (nSPS) is 17.1. The molecule has 0 spiro atoms. The lowest BCUT2D eigenvalue weighted by atomic mass is 10.2. The number of carbonyl (C=O) groups excluding carboxylic acids is 1. The summed E-state index contributed by atoms with van der Waals surface area (Å²) in [6, 6.07) is 8.07. The van der Waals surface area contributed by atoms with Crippen molar-refractivity contribution >= 4 is 40.6 Å². The average molecular weight is 398 g/mol. The van der Waals surface area contributed by atoms with Crippen LogP contribution in [0.25, 0.3) is 0 Å². The maximum Gasteiger partial charge on any atom is 0.315 e. The highest BCUT2D eigenvalue weighted by atomic mass is 35.5. The summed E-state index contributed by atoms with van der Waals surface area (Å²) < 4.78 is 30.5. The zero-order valence-electron chi connectivity index (χ0n) is 14.5. The quantitative estimate of drug-likeness (QED) is 0.754. The molecule has 1 atom stereocenters. The van der Waals surface area contributed by atoms with Gasteiger partial charge in [0, 0.05) is 12.6 Å². The fourth-order valence-corrected chi connectivity index (χ4v) is 2.83. The van der Waals surface area contributed by atoms with Crippen molar-refractivity contribution in [1.82, 2.24) is 9.97 Å². The number of halogens is 3. The summed E-state index contributed by atoms with van der Waals surface area (Å²) in [4.78, 5) is 22.0. The topological polar surface area (TPSA) is 79.4 Å². The number of morpholine rings is 1. The van der Waals surface area contributed by atoms with Gasteiger partial charge in [0.25, 0.3) is 5.91 Å². The molecule has 0 saturated carbocycles. The predicted octanol–water partition coefficient (Wildman–Crippen LogP) is 3.30. The molecule has 10 heteroatoms. The third-order valence-electron chi connectivity index (χ3n) is 3.95. The number of ether oxygens (including phenoxy) is 1. The molecule has 1 aliphatic heterocycles. The molecular formula is C17H18ClF2N5O2. The third kappa shape index (κ3) is 4.81. The van der Waals surface area contributed by atoms with Crippen molar-refractivity contribution in [3.8, 4) is 0 Å². The number of benzene rings is 1. The zero-order valence-corrected chi connectivity index (χ0v) is 15.2. The lowest BCUT2D eigenvalue weighted by Crippen LogP contribution is -2.44. The standard InChI is InChI=1S/C17H18ClF2N5O2/c1-10-9-27-7-6-25(10)17-23-13(18)8-14(24-17)21-11-4-2-3-5-12(11)22-16(26)15(19)20/h2-5,8,10,15H,6-7,9H2,1H3,(H,22,26)(H,21,23,24)/t10-/m0/s1. The summed E-state index contributed by atoms with van der Waals surface area (Å²) in [5.74, 6) is -0.565. The van der Waals surface area contributed by atoms with Crippen LogP contribution in [0.3, 0.4) is 0 Å². The van der Waals surface area contributed by atoms with E-state index in [-0.39, 0.29) is 16.9 Å². The molecule has 2 heterocycles. The van der Waals surface area contributed by atoms with Crippen LogP contribution in [0.1, 0.15) is 6.92 Å². The van der Waals surface area contributed by atoms with Crippen molar-refractivity contribution in [3.05, 3.63) is 35.5 Å². The van der Waals surface area contributed by atoms with E-state index in [1.807, 2.05) is 11.8 Å². The Bertz CT molecular complexity index is 824. The fraction of sp³-hybridized carbons (Fsp3) is 0.353. The molecule has 0 aliphatic carbocycles. The van der Waals surface area contributed by atoms with Crippen LogP contribution in [0.5, 0.6) is 0 Å². The van der Waals surface area contributed by atoms with Crippen molar-refractivity contribution < 1.29 is 18.3 Å². The first kappa shape index (κ1) is 19.2. The predicted molar refractivity (Wildman–Crippen MR) is 99.0 cm³/mol. The Morgan fingerprint density at radius 3 is 2.78 bits per heavy atom. The first-order chi connectivity index (χ1) is 12.9. The van der Waals surface area contributed by atoms with Gasteiger partial charge in [0.2, 0.25) is 5.95 Å². The highest BCUT2D eigenvalue weighted by Gasteiger charge is 2.22. The molecule has 144 valence electrons. The second-order valence-corrected chi connectivity index (χ2v) is 6.34. The maximum absolute atomic E-state index is 12.5. The van der Waals surface area contributed by atoms with Crippen LogP contribution in [0.2, 0.25) is 5.15 Å². The van der Waals surface area contributed by atoms with Crippen LogP contribution in [-0.2, 0) is 9.53 Å². The van der Waals surface area contributed by atoms with Gasteiger partial charge >= 0.3 is 6.43 Å². The summed E-state index contributed by atoms with van der Waals surface area (Å²) in [7, 11) is 0. The smallest absolute Gasteiger partial charge is 0.315 e. The van der Waals surface area contributed by atoms with Gasteiger partial charge in [0.15, 0.2) is 0 Å². The van der Waals surface area contributed by atoms with Gasteiger partial charge in [-0.05, 0) is 19.1 Å². The number of nitrogens with one attached hydrogen (secondary N) is 2. The lowest BCUT2D eigenvalue weighted by Gasteiger charge is -2.33. The molecule has 1 aromatic carbocycles. The number of aromatic nitrogens is 2. The third-order valence-corrected chi connectivity index (χ3v) is 4.15. The van der Waals surface area contributed by atoms with Crippen LogP contribution < -0.4 is 15.5 Å². The number of hydrogen-bond donors (Lipinski definition) is 2. The Labute approximate surface area is 159 Å². The highest BCUT2D eigenvalue weighted by Crippen LogP contribution is 2.27. The van der Waals surface area contributed by atoms with E-state index in [9.17, 15) is 13.6 Å². The number of alkyl halides is 2. The molecule has 27 heavy (non-hydrogen) atoms. The number of para-hydroxylation sites is 2. The largest absolute Gasteiger partial charge is 0.377 e. The van der Waals surface area contributed by atoms with Crippen molar-refractivity contribution in [2.24, 2.45) is 0 Å². The van der Waals surface area contributed by atoms with E-state index in [0.717, 1.165) is 0 Å². The van der Waals surface area contributed by atoms with Gasteiger partial charge in [0.05, 0.1) is 30.6 Å². The van der Waals surface area contributed by atoms with E-state index in [1.54, 1.807) is 18.2 Å². The summed E-state index contributed by atoms with van der Waals surface area (Å²) in [5, 5.41) is 5.41. The highest BCUT2D eigenvalue weighted by molar-refractivity contribution is 6.29. The molecule has 1 amide bonds. The van der Waals surface area contributed by atoms with Crippen molar-refractivity contribution in [3.63, 3.8) is 0 Å². The first-order valence-electron chi connectivity index (χ1n) is 8.28. The van der Waals surface area contributed by atoms with Crippen LogP contribution in [-0.4, -0.2) is 48.1 Å². The Morgan fingerprint density at radius 2 is 2.07 bits per heavy atom. The van der Waals surface area contributed by atoms with Crippen LogP contribution in [0.15, 0.2) is 30.3 Å². The molecule has 2 aromatic rings. The molecule has 2 N–H and O–H groups in total. The van der Waals surface area contributed by atoms with E-state index < -0.39 is 12.3 Å². The number of nitrogens with zero attached hydrogens (tertiary/aromatic N) is 3. The van der Waals surface area contributed by atoms with Crippen LogP contribution >= 0.6 is 11.6 Å². The number of anilines is 4. The van der Waals surface area contributed by atoms with E-state index in [4.69, 9.17) is 16.3 Å². The first-order valence-corrected chi connectivity index (χ1v) is 8.66. The Hall–Kier alpha value is -2.52. The number of carbonyl (C=O) groups is 1. The van der Waals surface area contributed by atoms with Gasteiger partial charge in [-0.3, -0.25) is 4.79 Å². The van der Waals surface area contributed by atoms with Crippen LogP contribution in [0, 0.1) is 0 Å². The van der Waals surface area contributed by atoms with Crippen molar-refractivity contribution in [2.45, 2.75) is 19.4 Å². The molecule has 3 rings (SSSR count). The number of hydrogen-bond acceptors (Lipinski definition) is 6. The summed E-state index contributed by atoms with van der Waals surface area (Å²) >= 11 is 6.13. The Morgan fingerprint density at radius 1 is 1.33 bits per heavy atom. The Kier molecular flexibility index (Phi) is 6.02. The molecule has 1 saturated heterocycles. The zero-order chi connectivity index (χ0) is 19.4. The summed E-state index contributed by atoms with van der Waals surface area (Å²) in [5.41, 5.74) is 0.612. The molecule has 0 unspecified atom stereocenters. The van der Waals surface area contributed by atoms with Crippen molar-refractivity contribution in [1.29, 1.82) is 0 Å².